The summed E-state index contributed by atoms with van der Waals surface area (Å²) in [7, 11) is 0. The molecule has 0 aliphatic heterocycles. The van der Waals surface area contributed by atoms with Crippen LogP contribution in [-0.2, 0) is 17.0 Å². The Labute approximate surface area is 178 Å². The van der Waals surface area contributed by atoms with E-state index in [2.05, 4.69) is 20.5 Å². The molecule has 0 spiro atoms. The van der Waals surface area contributed by atoms with Crippen LogP contribution in [0.15, 0.2) is 30.3 Å². The van der Waals surface area contributed by atoms with Crippen LogP contribution in [0.4, 0.5) is 11.5 Å². The molecule has 0 aliphatic rings. The molecule has 3 rings (SSSR count). The van der Waals surface area contributed by atoms with Gasteiger partial charge in [-0.1, -0.05) is 12.1 Å². The number of hydrogen-bond donors (Lipinski definition) is 10. The van der Waals surface area contributed by atoms with Crippen LogP contribution in [0.25, 0.3) is 11.3 Å². The lowest BCUT2D eigenvalue weighted by Gasteiger charge is -2.16. The number of nitrogens with two attached hydrogens (primary N) is 7. The van der Waals surface area contributed by atoms with Gasteiger partial charge >= 0.3 is 0 Å². The molecule has 0 saturated heterocycles. The first-order valence-corrected chi connectivity index (χ1v) is 9.48. The number of hydrogen-bond acceptors (Lipinski definition) is 10. The van der Waals surface area contributed by atoms with Crippen LogP contribution in [0.1, 0.15) is 22.5 Å². The molecular formula is C19H29N11O. The summed E-state index contributed by atoms with van der Waals surface area (Å²) in [4.78, 5) is 15.1. The Bertz CT molecular complexity index is 1070. The highest BCUT2D eigenvalue weighted by atomic mass is 16.1. The lowest BCUT2D eigenvalue weighted by molar-refractivity contribution is -0.122. The number of aromatic nitrogens is 3. The second-order valence-electron chi connectivity index (χ2n) is 7.71. The Hall–Kier alpha value is -3.26. The van der Waals surface area contributed by atoms with Gasteiger partial charge in [0.25, 0.3) is 0 Å². The van der Waals surface area contributed by atoms with Gasteiger partial charge in [-0.25, -0.2) is 0 Å². The summed E-state index contributed by atoms with van der Waals surface area (Å²) in [6, 6.07) is 9.27. The van der Waals surface area contributed by atoms with Gasteiger partial charge in [-0.05, 0) is 30.7 Å². The van der Waals surface area contributed by atoms with Crippen molar-refractivity contribution in [1.29, 1.82) is 0 Å². The highest BCUT2D eigenvalue weighted by Crippen LogP contribution is 2.32. The van der Waals surface area contributed by atoms with E-state index in [1.165, 1.54) is 0 Å². The van der Waals surface area contributed by atoms with E-state index in [-0.39, 0.29) is 6.54 Å². The van der Waals surface area contributed by atoms with Crippen molar-refractivity contribution in [1.82, 2.24) is 15.2 Å². The van der Waals surface area contributed by atoms with Gasteiger partial charge in [0.2, 0.25) is 5.78 Å². The molecule has 0 fully saturated rings. The molecule has 2 aromatic heterocycles. The number of Topliss-reactive ketones (excluding diaryl/α,β-unsaturated/α-hetero) is 1. The minimum atomic E-state index is -1.92. The van der Waals surface area contributed by atoms with Crippen molar-refractivity contribution >= 4 is 17.3 Å². The molecule has 12 heteroatoms. The predicted molar refractivity (Wildman–Crippen MR) is 120 cm³/mol. The number of nitrogens with one attached hydrogen (secondary N) is 3. The van der Waals surface area contributed by atoms with E-state index in [1.54, 1.807) is 6.07 Å². The molecule has 12 nitrogen and oxygen atoms in total. The highest BCUT2D eigenvalue weighted by molar-refractivity contribution is 5.90. The van der Waals surface area contributed by atoms with Gasteiger partial charge in [0.05, 0.1) is 17.9 Å². The molecule has 17 N–H and O–H groups in total. The Kier molecular flexibility index (Phi) is 5.87. The van der Waals surface area contributed by atoms with E-state index in [0.717, 1.165) is 22.4 Å². The van der Waals surface area contributed by atoms with Gasteiger partial charge in [0.1, 0.15) is 0 Å². The fourth-order valence-electron chi connectivity index (χ4n) is 3.08. The van der Waals surface area contributed by atoms with Crippen LogP contribution in [0, 0.1) is 6.92 Å². The third-order valence-corrected chi connectivity index (χ3v) is 4.90. The smallest absolute Gasteiger partial charge is 0.200 e. The number of aromatic amines is 2. The summed E-state index contributed by atoms with van der Waals surface area (Å²) in [5.41, 5.74) is 44.9. The van der Waals surface area contributed by atoms with Gasteiger partial charge in [-0.3, -0.25) is 44.3 Å². The average Bonchev–Trinajstić information content (AvgIpc) is 3.24. The summed E-state index contributed by atoms with van der Waals surface area (Å²) in [5, 5.41) is 10.1. The zero-order valence-electron chi connectivity index (χ0n) is 17.2. The summed E-state index contributed by atoms with van der Waals surface area (Å²) in [6.07, 6.45) is 0.543. The van der Waals surface area contributed by atoms with Gasteiger partial charge in [0.15, 0.2) is 17.4 Å². The second kappa shape index (κ2) is 8.11. The summed E-state index contributed by atoms with van der Waals surface area (Å²) in [6.45, 7) is 1.66. The molecule has 0 aliphatic carbocycles. The number of nitrogens with zero attached hydrogens (tertiary/aromatic N) is 1. The number of H-pyrrole nitrogens is 2. The number of rotatable bonds is 8. The first kappa shape index (κ1) is 22.4. The standard InChI is InChI=1S/C19H29N11O/c1-9-16(29-30-17(9)27-8-15(31)19(24,25)26)12-7-14(18(21,22)23)28-13(12)6-10-2-4-11(20)5-3-10/h2-5,7,28H,6,8,20-26H2,1H3,(H2,27,29,30). The number of nitrogen functional groups attached to an aromatic ring is 1. The Morgan fingerprint density at radius 2 is 1.74 bits per heavy atom. The first-order chi connectivity index (χ1) is 14.4. The molecule has 0 amide bonds. The quantitative estimate of drug-likeness (QED) is 0.145. The molecule has 0 radical (unpaired) electrons. The molecule has 0 unspecified atom stereocenters. The van der Waals surface area contributed by atoms with Crippen LogP contribution in [0.5, 0.6) is 0 Å². The lowest BCUT2D eigenvalue weighted by atomic mass is 10.0. The zero-order chi connectivity index (χ0) is 23.0. The molecule has 166 valence electrons. The SMILES string of the molecule is Cc1c(NCC(=O)C(N)(N)N)n[nH]c1-c1cc(C(N)(N)N)[nH]c1Cc1ccc(N)cc1. The van der Waals surface area contributed by atoms with Gasteiger partial charge in [0, 0.05) is 28.9 Å². The number of ketones is 1. The molecule has 0 saturated carbocycles. The van der Waals surface area contributed by atoms with Crippen molar-refractivity contribution in [3.8, 4) is 11.3 Å². The van der Waals surface area contributed by atoms with Crippen LogP contribution >= 0.6 is 0 Å². The van der Waals surface area contributed by atoms with E-state index >= 15 is 0 Å². The van der Waals surface area contributed by atoms with Gasteiger partial charge in [-0.15, -0.1) is 0 Å². The summed E-state index contributed by atoms with van der Waals surface area (Å²) in [5.74, 6) is -3.59. The number of carbonyl (C=O) groups is 1. The van der Waals surface area contributed by atoms with Gasteiger partial charge in [-0.2, -0.15) is 5.10 Å². The fraction of sp³-hybridized carbons (Fsp3) is 0.263. The number of anilines is 2. The maximum atomic E-state index is 11.9. The third kappa shape index (κ3) is 5.08. The normalized spacial score (nSPS) is 12.2. The van der Waals surface area contributed by atoms with E-state index < -0.39 is 17.4 Å². The van der Waals surface area contributed by atoms with E-state index in [9.17, 15) is 4.79 Å². The summed E-state index contributed by atoms with van der Waals surface area (Å²) >= 11 is 0. The van der Waals surface area contributed by atoms with Crippen molar-refractivity contribution in [2.45, 2.75) is 24.9 Å². The topological polar surface area (TPSA) is 256 Å². The van der Waals surface area contributed by atoms with E-state index in [1.807, 2.05) is 31.2 Å². The molecule has 3 aromatic rings. The molecule has 2 heterocycles. The fourth-order valence-corrected chi connectivity index (χ4v) is 3.08. The molecule has 0 atom stereocenters. The monoisotopic (exact) mass is 427 g/mol. The van der Waals surface area contributed by atoms with Crippen molar-refractivity contribution in [3.05, 3.63) is 52.8 Å². The molecule has 31 heavy (non-hydrogen) atoms. The van der Waals surface area contributed by atoms with E-state index in [4.69, 9.17) is 40.1 Å². The second-order valence-corrected chi connectivity index (χ2v) is 7.71. The van der Waals surface area contributed by atoms with E-state index in [0.29, 0.717) is 29.3 Å². The van der Waals surface area contributed by atoms with Crippen molar-refractivity contribution < 1.29 is 4.79 Å². The van der Waals surface area contributed by atoms with Crippen molar-refractivity contribution in [2.24, 2.45) is 34.4 Å². The van der Waals surface area contributed by atoms with Crippen LogP contribution in [0.2, 0.25) is 0 Å². The maximum Gasteiger partial charge on any atom is 0.200 e. The number of carbonyl (C=O) groups excluding carboxylic acids is 1. The zero-order valence-corrected chi connectivity index (χ0v) is 17.2. The van der Waals surface area contributed by atoms with Crippen LogP contribution < -0.4 is 45.5 Å². The minimum absolute atomic E-state index is 0.178. The predicted octanol–water partition coefficient (Wildman–Crippen LogP) is -1.62. The molecular weight excluding hydrogens is 398 g/mol. The van der Waals surface area contributed by atoms with Gasteiger partial charge < -0.3 is 16.0 Å². The Balaban J connectivity index is 1.94. The summed E-state index contributed by atoms with van der Waals surface area (Å²) < 4.78 is 0. The van der Waals surface area contributed by atoms with Crippen molar-refractivity contribution in [3.63, 3.8) is 0 Å². The molecule has 0 bridgehead atoms. The van der Waals surface area contributed by atoms with Crippen LogP contribution in [-0.4, -0.2) is 33.3 Å². The lowest BCUT2D eigenvalue weighted by Crippen LogP contribution is -2.65. The first-order valence-electron chi connectivity index (χ1n) is 9.48. The minimum Gasteiger partial charge on any atom is -0.399 e. The average molecular weight is 428 g/mol. The van der Waals surface area contributed by atoms with Crippen molar-refractivity contribution in [2.75, 3.05) is 17.6 Å². The number of benzene rings is 1. The third-order valence-electron chi connectivity index (χ3n) is 4.90. The Morgan fingerprint density at radius 1 is 1.10 bits per heavy atom. The van der Waals surface area contributed by atoms with Crippen LogP contribution in [0.3, 0.4) is 0 Å². The molecule has 1 aromatic carbocycles. The largest absolute Gasteiger partial charge is 0.399 e. The maximum absolute atomic E-state index is 11.9. The Morgan fingerprint density at radius 3 is 2.32 bits per heavy atom. The highest BCUT2D eigenvalue weighted by Gasteiger charge is 2.25.